The molecule has 0 aromatic heterocycles. The number of rotatable bonds is 6. The highest BCUT2D eigenvalue weighted by molar-refractivity contribution is 5.22. The van der Waals surface area contributed by atoms with Gasteiger partial charge in [0, 0.05) is 0 Å². The summed E-state index contributed by atoms with van der Waals surface area (Å²) in [5.74, 6) is 5.11. The Morgan fingerprint density at radius 2 is 0.950 bits per heavy atom. The van der Waals surface area contributed by atoms with Crippen molar-refractivity contribution in [2.75, 3.05) is 0 Å². The van der Waals surface area contributed by atoms with E-state index in [2.05, 4.69) is 11.8 Å². The summed E-state index contributed by atoms with van der Waals surface area (Å²) in [5.41, 5.74) is 0. The van der Waals surface area contributed by atoms with Crippen molar-refractivity contribution in [3.8, 4) is 11.8 Å². The van der Waals surface area contributed by atoms with Gasteiger partial charge < -0.3 is 10.2 Å². The van der Waals surface area contributed by atoms with Gasteiger partial charge in [-0.3, -0.25) is 0 Å². The van der Waals surface area contributed by atoms with Gasteiger partial charge in [-0.15, -0.1) is 0 Å². The lowest BCUT2D eigenvalue weighted by Gasteiger charge is -1.94. The van der Waals surface area contributed by atoms with Crippen molar-refractivity contribution in [2.24, 2.45) is 0 Å². The van der Waals surface area contributed by atoms with Crippen LogP contribution in [0.5, 0.6) is 0 Å². The third-order valence-corrected chi connectivity index (χ3v) is 2.02. The van der Waals surface area contributed by atoms with E-state index in [0.717, 1.165) is 0 Å². The van der Waals surface area contributed by atoms with Gasteiger partial charge in [-0.1, -0.05) is 72.6 Å². The molecular weight excluding hydrogens is 248 g/mol. The molecule has 0 rings (SSSR count). The third kappa shape index (κ3) is 12.4. The SMILES string of the molecule is C/C=C/C=C/C=C/C(O)C#CC(O)/C=C/C=C/C=C/C. The third-order valence-electron chi connectivity index (χ3n) is 2.02. The van der Waals surface area contributed by atoms with E-state index in [1.165, 1.54) is 0 Å². The molecular formula is C18H22O2. The molecule has 2 N–H and O–H groups in total. The molecule has 2 heteroatoms. The van der Waals surface area contributed by atoms with Crippen LogP contribution >= 0.6 is 0 Å². The van der Waals surface area contributed by atoms with E-state index < -0.39 is 12.2 Å². The molecule has 0 aromatic rings. The minimum atomic E-state index is -0.883. The summed E-state index contributed by atoms with van der Waals surface area (Å²) in [6.07, 6.45) is 19.7. The minimum absolute atomic E-state index is 0.883. The van der Waals surface area contributed by atoms with E-state index in [-0.39, 0.29) is 0 Å². The highest BCUT2D eigenvalue weighted by Crippen LogP contribution is 1.89. The van der Waals surface area contributed by atoms with Crippen molar-refractivity contribution >= 4 is 0 Å². The summed E-state index contributed by atoms with van der Waals surface area (Å²) >= 11 is 0. The first-order valence-electron chi connectivity index (χ1n) is 6.50. The smallest absolute Gasteiger partial charge is 0.133 e. The van der Waals surface area contributed by atoms with E-state index in [4.69, 9.17) is 0 Å². The predicted molar refractivity (Wildman–Crippen MR) is 86.0 cm³/mol. The first kappa shape index (κ1) is 17.9. The van der Waals surface area contributed by atoms with Crippen LogP contribution in [0, 0.1) is 11.8 Å². The van der Waals surface area contributed by atoms with Crippen LogP contribution in [0.3, 0.4) is 0 Å². The minimum Gasteiger partial charge on any atom is -0.377 e. The molecule has 2 unspecified atom stereocenters. The van der Waals surface area contributed by atoms with Gasteiger partial charge in [0.05, 0.1) is 0 Å². The Balaban J connectivity index is 4.22. The zero-order valence-electron chi connectivity index (χ0n) is 12.0. The molecule has 0 aliphatic heterocycles. The van der Waals surface area contributed by atoms with Crippen molar-refractivity contribution < 1.29 is 10.2 Å². The fourth-order valence-corrected chi connectivity index (χ4v) is 1.08. The Hall–Kier alpha value is -2.08. The number of hydrogen-bond donors (Lipinski definition) is 2. The molecule has 0 aromatic carbocycles. The van der Waals surface area contributed by atoms with Gasteiger partial charge in [0.15, 0.2) is 0 Å². The van der Waals surface area contributed by atoms with Crippen LogP contribution in [0.4, 0.5) is 0 Å². The fraction of sp³-hybridized carbons (Fsp3) is 0.222. The van der Waals surface area contributed by atoms with Crippen LogP contribution in [0.25, 0.3) is 0 Å². The molecule has 0 saturated carbocycles. The second-order valence-corrected chi connectivity index (χ2v) is 3.77. The Labute approximate surface area is 121 Å². The largest absolute Gasteiger partial charge is 0.377 e. The van der Waals surface area contributed by atoms with E-state index >= 15 is 0 Å². The zero-order valence-corrected chi connectivity index (χ0v) is 12.0. The summed E-state index contributed by atoms with van der Waals surface area (Å²) < 4.78 is 0. The van der Waals surface area contributed by atoms with E-state index in [1.54, 1.807) is 36.5 Å². The molecule has 2 nitrogen and oxygen atoms in total. The maximum Gasteiger partial charge on any atom is 0.133 e. The molecule has 0 aliphatic carbocycles. The molecule has 0 fully saturated rings. The zero-order chi connectivity index (χ0) is 15.1. The Bertz CT molecular complexity index is 423. The van der Waals surface area contributed by atoms with Crippen molar-refractivity contribution in [1.82, 2.24) is 0 Å². The number of allylic oxidation sites excluding steroid dienone is 10. The first-order chi connectivity index (χ1) is 9.70. The van der Waals surface area contributed by atoms with Crippen LogP contribution in [0.15, 0.2) is 72.9 Å². The van der Waals surface area contributed by atoms with Crippen molar-refractivity contribution in [3.63, 3.8) is 0 Å². The molecule has 0 radical (unpaired) electrons. The number of aliphatic hydroxyl groups excluding tert-OH is 2. The second kappa shape index (κ2) is 13.4. The van der Waals surface area contributed by atoms with Gasteiger partial charge in [0.1, 0.15) is 12.2 Å². The van der Waals surface area contributed by atoms with E-state index in [0.29, 0.717) is 0 Å². The Kier molecular flexibility index (Phi) is 12.0. The van der Waals surface area contributed by atoms with Crippen LogP contribution in [-0.2, 0) is 0 Å². The van der Waals surface area contributed by atoms with Gasteiger partial charge in [-0.2, -0.15) is 0 Å². The Morgan fingerprint density at radius 3 is 1.30 bits per heavy atom. The fourth-order valence-electron chi connectivity index (χ4n) is 1.08. The standard InChI is InChI=1S/C18H22O2/c1-3-5-7-9-11-13-17(19)15-16-18(20)14-12-10-8-6-4-2/h3-14,17-20H,1-2H3/b5-3+,6-4+,9-7+,10-8+,13-11+,14-12+. The second-order valence-electron chi connectivity index (χ2n) is 3.77. The predicted octanol–water partition coefficient (Wildman–Crippen LogP) is 3.09. The average Bonchev–Trinajstić information content (AvgIpc) is 2.44. The van der Waals surface area contributed by atoms with E-state index in [1.807, 2.05) is 50.3 Å². The van der Waals surface area contributed by atoms with E-state index in [9.17, 15) is 10.2 Å². The molecule has 2 atom stereocenters. The van der Waals surface area contributed by atoms with Gasteiger partial charge in [-0.05, 0) is 26.0 Å². The number of hydrogen-bond acceptors (Lipinski definition) is 2. The van der Waals surface area contributed by atoms with Crippen molar-refractivity contribution in [1.29, 1.82) is 0 Å². The highest BCUT2D eigenvalue weighted by Gasteiger charge is 1.92. The lowest BCUT2D eigenvalue weighted by Crippen LogP contribution is -2.01. The lowest BCUT2D eigenvalue weighted by molar-refractivity contribution is 0.270. The lowest BCUT2D eigenvalue weighted by atomic mass is 10.2. The highest BCUT2D eigenvalue weighted by atomic mass is 16.3. The molecule has 0 aliphatic rings. The molecule has 106 valence electrons. The molecule has 0 bridgehead atoms. The normalized spacial score (nSPS) is 16.0. The summed E-state index contributed by atoms with van der Waals surface area (Å²) in [7, 11) is 0. The van der Waals surface area contributed by atoms with Crippen molar-refractivity contribution in [2.45, 2.75) is 26.1 Å². The molecule has 0 heterocycles. The van der Waals surface area contributed by atoms with Gasteiger partial charge in [0.25, 0.3) is 0 Å². The average molecular weight is 270 g/mol. The maximum absolute atomic E-state index is 9.53. The quantitative estimate of drug-likeness (QED) is 0.575. The van der Waals surface area contributed by atoms with Crippen LogP contribution < -0.4 is 0 Å². The molecule has 20 heavy (non-hydrogen) atoms. The van der Waals surface area contributed by atoms with Crippen LogP contribution in [0.1, 0.15) is 13.8 Å². The Morgan fingerprint density at radius 1 is 0.600 bits per heavy atom. The topological polar surface area (TPSA) is 40.5 Å². The monoisotopic (exact) mass is 270 g/mol. The first-order valence-corrected chi connectivity index (χ1v) is 6.50. The van der Waals surface area contributed by atoms with Gasteiger partial charge >= 0.3 is 0 Å². The van der Waals surface area contributed by atoms with Gasteiger partial charge in [0.2, 0.25) is 0 Å². The molecule has 0 spiro atoms. The maximum atomic E-state index is 9.53. The van der Waals surface area contributed by atoms with Crippen LogP contribution in [-0.4, -0.2) is 22.4 Å². The molecule has 0 saturated heterocycles. The summed E-state index contributed by atoms with van der Waals surface area (Å²) in [6, 6.07) is 0. The van der Waals surface area contributed by atoms with Gasteiger partial charge in [-0.25, -0.2) is 0 Å². The van der Waals surface area contributed by atoms with Crippen molar-refractivity contribution in [3.05, 3.63) is 72.9 Å². The number of aliphatic hydroxyl groups is 2. The summed E-state index contributed by atoms with van der Waals surface area (Å²) in [4.78, 5) is 0. The summed E-state index contributed by atoms with van der Waals surface area (Å²) in [5, 5.41) is 19.1. The summed E-state index contributed by atoms with van der Waals surface area (Å²) in [6.45, 7) is 3.86. The molecule has 0 amide bonds. The van der Waals surface area contributed by atoms with Crippen LogP contribution in [0.2, 0.25) is 0 Å².